The first-order valence-electron chi connectivity index (χ1n) is 11.8. The molecule has 0 bridgehead atoms. The molecule has 10 nitrogen and oxygen atoms in total. The summed E-state index contributed by atoms with van der Waals surface area (Å²) in [4.78, 5) is 38.8. The first kappa shape index (κ1) is 31.2. The van der Waals surface area contributed by atoms with Gasteiger partial charge < -0.3 is 34.4 Å². The molecule has 2 aromatic carbocycles. The van der Waals surface area contributed by atoms with Crippen LogP contribution in [-0.4, -0.2) is 92.9 Å². The summed E-state index contributed by atoms with van der Waals surface area (Å²) in [7, 11) is 4.52. The molecule has 2 aromatic rings. The predicted molar refractivity (Wildman–Crippen MR) is 135 cm³/mol. The quantitative estimate of drug-likeness (QED) is 0.511. The van der Waals surface area contributed by atoms with Gasteiger partial charge in [0.1, 0.15) is 6.54 Å². The Morgan fingerprint density at radius 2 is 1.56 bits per heavy atom. The van der Waals surface area contributed by atoms with Crippen LogP contribution < -0.4 is 19.5 Å². The van der Waals surface area contributed by atoms with Crippen LogP contribution in [0.1, 0.15) is 21.5 Å². The second kappa shape index (κ2) is 14.2. The van der Waals surface area contributed by atoms with E-state index in [-0.39, 0.29) is 18.4 Å². The van der Waals surface area contributed by atoms with Gasteiger partial charge in [-0.2, -0.15) is 13.2 Å². The molecular weight excluding hydrogens is 523 g/mol. The van der Waals surface area contributed by atoms with Gasteiger partial charge in [-0.25, -0.2) is 4.79 Å². The highest BCUT2D eigenvalue weighted by Gasteiger charge is 2.38. The van der Waals surface area contributed by atoms with Crippen molar-refractivity contribution in [3.05, 3.63) is 53.1 Å². The number of alkyl halides is 3. The van der Waals surface area contributed by atoms with Crippen molar-refractivity contribution in [2.45, 2.75) is 19.6 Å². The number of carbonyl (C=O) groups excluding carboxylic acids is 2. The molecule has 0 spiro atoms. The Labute approximate surface area is 224 Å². The maximum Gasteiger partial charge on any atom is 0.490 e. The number of carboxylic acids is 1. The molecule has 0 atom stereocenters. The zero-order valence-corrected chi connectivity index (χ0v) is 22.1. The van der Waals surface area contributed by atoms with Crippen molar-refractivity contribution in [1.82, 2.24) is 15.1 Å². The van der Waals surface area contributed by atoms with Crippen molar-refractivity contribution < 1.29 is 46.9 Å². The number of rotatable bonds is 8. The normalized spacial score (nSPS) is 13.1. The minimum Gasteiger partial charge on any atom is -0.493 e. The number of nitrogens with zero attached hydrogens (tertiary/aromatic N) is 2. The fourth-order valence-corrected chi connectivity index (χ4v) is 3.80. The molecule has 1 aliphatic heterocycles. The molecule has 1 fully saturated rings. The lowest BCUT2D eigenvalue weighted by Gasteiger charge is -2.30. The summed E-state index contributed by atoms with van der Waals surface area (Å²) in [5.74, 6) is -1.92. The van der Waals surface area contributed by atoms with Gasteiger partial charge >= 0.3 is 12.1 Å². The number of halogens is 3. The maximum atomic E-state index is 13.6. The molecule has 0 unspecified atom stereocenters. The second-order valence-electron chi connectivity index (χ2n) is 8.50. The van der Waals surface area contributed by atoms with Gasteiger partial charge in [0.25, 0.3) is 5.91 Å². The molecule has 0 aliphatic carbocycles. The molecule has 39 heavy (non-hydrogen) atoms. The van der Waals surface area contributed by atoms with E-state index < -0.39 is 12.1 Å². The summed E-state index contributed by atoms with van der Waals surface area (Å²) >= 11 is 0. The maximum absolute atomic E-state index is 13.6. The highest BCUT2D eigenvalue weighted by molar-refractivity contribution is 5.97. The third-order valence-electron chi connectivity index (χ3n) is 5.69. The Morgan fingerprint density at radius 3 is 2.03 bits per heavy atom. The van der Waals surface area contributed by atoms with E-state index in [4.69, 9.17) is 24.1 Å². The van der Waals surface area contributed by atoms with E-state index in [0.29, 0.717) is 42.4 Å². The van der Waals surface area contributed by atoms with Crippen LogP contribution in [0, 0.1) is 6.92 Å². The Hall–Kier alpha value is -4.00. The standard InChI is InChI=1S/C24H31N3O5.C2HF3O2/c1-17-6-5-7-18(12-17)15-27(16-22(28)26-10-8-25-9-11-26)24(29)19-13-20(30-2)23(32-4)21(14-19)31-3;3-2(4,5)1(6)7/h5-7,12-14,25H,8-11,15-16H2,1-4H3;(H,6,7). The smallest absolute Gasteiger partial charge is 0.490 e. The number of benzene rings is 2. The van der Waals surface area contributed by atoms with Crippen molar-refractivity contribution in [2.24, 2.45) is 0 Å². The predicted octanol–water partition coefficient (Wildman–Crippen LogP) is 2.73. The molecule has 3 rings (SSSR count). The first-order chi connectivity index (χ1) is 18.4. The SMILES string of the molecule is COc1cc(C(=O)N(CC(=O)N2CCNCC2)Cc2cccc(C)c2)cc(OC)c1OC.O=C(O)C(F)(F)F. The van der Waals surface area contributed by atoms with E-state index in [2.05, 4.69) is 5.32 Å². The first-order valence-corrected chi connectivity index (χ1v) is 11.8. The van der Waals surface area contributed by atoms with Gasteiger partial charge in [0.2, 0.25) is 11.7 Å². The van der Waals surface area contributed by atoms with Crippen molar-refractivity contribution in [2.75, 3.05) is 54.1 Å². The van der Waals surface area contributed by atoms with Crippen LogP contribution in [0.25, 0.3) is 0 Å². The zero-order chi connectivity index (χ0) is 29.2. The van der Waals surface area contributed by atoms with Crippen LogP contribution in [0.15, 0.2) is 36.4 Å². The third kappa shape index (κ3) is 9.06. The minimum atomic E-state index is -5.08. The summed E-state index contributed by atoms with van der Waals surface area (Å²) in [5, 5.41) is 10.4. The summed E-state index contributed by atoms with van der Waals surface area (Å²) in [6.07, 6.45) is -5.08. The number of carboxylic acid groups (broad SMARTS) is 1. The van der Waals surface area contributed by atoms with Crippen molar-refractivity contribution >= 4 is 17.8 Å². The molecule has 1 aliphatic rings. The van der Waals surface area contributed by atoms with Crippen LogP contribution in [0.3, 0.4) is 0 Å². The lowest BCUT2D eigenvalue weighted by molar-refractivity contribution is -0.192. The number of nitrogens with one attached hydrogen (secondary N) is 1. The third-order valence-corrected chi connectivity index (χ3v) is 5.69. The lowest BCUT2D eigenvalue weighted by atomic mass is 10.1. The van der Waals surface area contributed by atoms with Crippen LogP contribution in [0.5, 0.6) is 17.2 Å². The Morgan fingerprint density at radius 1 is 1.00 bits per heavy atom. The number of piperazine rings is 1. The molecule has 214 valence electrons. The van der Waals surface area contributed by atoms with Crippen molar-refractivity contribution in [3.8, 4) is 17.2 Å². The number of methoxy groups -OCH3 is 3. The van der Waals surface area contributed by atoms with E-state index in [1.165, 1.54) is 21.3 Å². The Balaban J connectivity index is 0.000000673. The summed E-state index contributed by atoms with van der Waals surface area (Å²) in [6, 6.07) is 11.2. The summed E-state index contributed by atoms with van der Waals surface area (Å²) in [5.41, 5.74) is 2.41. The summed E-state index contributed by atoms with van der Waals surface area (Å²) in [6.45, 7) is 5.08. The number of hydrogen-bond acceptors (Lipinski definition) is 7. The number of carbonyl (C=O) groups is 3. The molecule has 2 N–H and O–H groups in total. The van der Waals surface area contributed by atoms with Gasteiger partial charge in [0.05, 0.1) is 21.3 Å². The molecule has 1 saturated heterocycles. The van der Waals surface area contributed by atoms with Gasteiger partial charge in [0.15, 0.2) is 11.5 Å². The second-order valence-corrected chi connectivity index (χ2v) is 8.50. The lowest BCUT2D eigenvalue weighted by Crippen LogP contribution is -2.50. The molecular formula is C26H32F3N3O7. The van der Waals surface area contributed by atoms with Crippen LogP contribution in [0.4, 0.5) is 13.2 Å². The number of amides is 2. The Bertz CT molecular complexity index is 1130. The van der Waals surface area contributed by atoms with Gasteiger partial charge in [-0.15, -0.1) is 0 Å². The van der Waals surface area contributed by atoms with Gasteiger partial charge in [-0.1, -0.05) is 29.8 Å². The largest absolute Gasteiger partial charge is 0.493 e. The van der Waals surface area contributed by atoms with Gasteiger partial charge in [-0.3, -0.25) is 9.59 Å². The fourth-order valence-electron chi connectivity index (χ4n) is 3.80. The van der Waals surface area contributed by atoms with Crippen LogP contribution in [-0.2, 0) is 16.1 Å². The number of aliphatic carboxylic acids is 1. The highest BCUT2D eigenvalue weighted by atomic mass is 19.4. The van der Waals surface area contributed by atoms with Gasteiger partial charge in [0, 0.05) is 38.3 Å². The van der Waals surface area contributed by atoms with E-state index in [1.54, 1.807) is 21.9 Å². The zero-order valence-electron chi connectivity index (χ0n) is 22.1. The van der Waals surface area contributed by atoms with Crippen molar-refractivity contribution in [1.29, 1.82) is 0 Å². The molecule has 0 aromatic heterocycles. The van der Waals surface area contributed by atoms with E-state index >= 15 is 0 Å². The minimum absolute atomic E-state index is 0.0105. The molecule has 0 saturated carbocycles. The fraction of sp³-hybridized carbons (Fsp3) is 0.423. The molecule has 13 heteroatoms. The topological polar surface area (TPSA) is 118 Å². The average Bonchev–Trinajstić information content (AvgIpc) is 2.91. The van der Waals surface area contributed by atoms with Crippen molar-refractivity contribution in [3.63, 3.8) is 0 Å². The molecule has 0 radical (unpaired) electrons. The van der Waals surface area contributed by atoms with E-state index in [0.717, 1.165) is 24.2 Å². The molecule has 1 heterocycles. The Kier molecular flexibility index (Phi) is 11.4. The molecule has 2 amide bonds. The highest BCUT2D eigenvalue weighted by Crippen LogP contribution is 2.38. The summed E-state index contributed by atoms with van der Waals surface area (Å²) < 4.78 is 47.9. The number of aryl methyl sites for hydroxylation is 1. The monoisotopic (exact) mass is 555 g/mol. The number of ether oxygens (including phenoxy) is 3. The van der Waals surface area contributed by atoms with Gasteiger partial charge in [-0.05, 0) is 24.6 Å². The van der Waals surface area contributed by atoms with E-state index in [9.17, 15) is 22.8 Å². The number of hydrogen-bond donors (Lipinski definition) is 2. The van der Waals surface area contributed by atoms with Crippen LogP contribution >= 0.6 is 0 Å². The van der Waals surface area contributed by atoms with Crippen LogP contribution in [0.2, 0.25) is 0 Å². The average molecular weight is 556 g/mol. The van der Waals surface area contributed by atoms with E-state index in [1.807, 2.05) is 31.2 Å².